The van der Waals surface area contributed by atoms with Crippen molar-refractivity contribution in [3.05, 3.63) is 74.1 Å². The summed E-state index contributed by atoms with van der Waals surface area (Å²) in [5.41, 5.74) is 2.48. The Labute approximate surface area is 214 Å². The molecule has 2 aromatic heterocycles. The van der Waals surface area contributed by atoms with Crippen molar-refractivity contribution in [3.63, 3.8) is 0 Å². The lowest BCUT2D eigenvalue weighted by molar-refractivity contribution is -0.143. The highest BCUT2D eigenvalue weighted by Crippen LogP contribution is 2.38. The number of thiophene rings is 2. The number of amides is 2. The minimum atomic E-state index is 0.0161. The molecule has 0 bridgehead atoms. The maximum absolute atomic E-state index is 13.4. The molecule has 2 amide bonds. The van der Waals surface area contributed by atoms with E-state index in [1.165, 1.54) is 16.0 Å². The number of benzene rings is 1. The summed E-state index contributed by atoms with van der Waals surface area (Å²) in [5, 5.41) is 4.15. The van der Waals surface area contributed by atoms with Crippen molar-refractivity contribution in [2.75, 3.05) is 39.8 Å². The average Bonchev–Trinajstić information content (AvgIpc) is 3.56. The van der Waals surface area contributed by atoms with Gasteiger partial charge in [-0.25, -0.2) is 0 Å². The molecule has 0 aliphatic carbocycles. The monoisotopic (exact) mass is 509 g/mol. The number of piperazine rings is 1. The van der Waals surface area contributed by atoms with E-state index < -0.39 is 0 Å². The molecule has 0 saturated carbocycles. The Balaban J connectivity index is 1.26. The van der Waals surface area contributed by atoms with Crippen molar-refractivity contribution >= 4 is 34.5 Å². The molecule has 6 nitrogen and oxygen atoms in total. The molecular formula is C27H31N3O3S2. The molecule has 8 heteroatoms. The Hall–Kier alpha value is -2.68. The van der Waals surface area contributed by atoms with Crippen molar-refractivity contribution in [3.8, 4) is 5.75 Å². The Morgan fingerprint density at radius 3 is 2.54 bits per heavy atom. The molecule has 2 aliphatic heterocycles. The number of carbonyl (C=O) groups excluding carboxylic acids is 2. The van der Waals surface area contributed by atoms with E-state index in [1.54, 1.807) is 29.8 Å². The molecule has 0 N–H and O–H groups in total. The number of nitrogens with zero attached hydrogens (tertiary/aromatic N) is 3. The zero-order valence-corrected chi connectivity index (χ0v) is 21.8. The van der Waals surface area contributed by atoms with Crippen LogP contribution >= 0.6 is 22.7 Å². The lowest BCUT2D eigenvalue weighted by atomic mass is 9.93. The van der Waals surface area contributed by atoms with Gasteiger partial charge in [0.15, 0.2) is 0 Å². The van der Waals surface area contributed by atoms with Crippen LogP contribution in [0.2, 0.25) is 0 Å². The summed E-state index contributed by atoms with van der Waals surface area (Å²) in [6.07, 6.45) is 1.41. The van der Waals surface area contributed by atoms with Gasteiger partial charge >= 0.3 is 0 Å². The van der Waals surface area contributed by atoms with Crippen molar-refractivity contribution in [1.29, 1.82) is 0 Å². The lowest BCUT2D eigenvalue weighted by Gasteiger charge is -2.42. The summed E-state index contributed by atoms with van der Waals surface area (Å²) in [6, 6.07) is 14.4. The molecule has 2 atom stereocenters. The highest BCUT2D eigenvalue weighted by atomic mass is 32.1. The zero-order chi connectivity index (χ0) is 24.4. The number of fused-ring (bicyclic) bond motifs is 1. The summed E-state index contributed by atoms with van der Waals surface area (Å²) in [6.45, 7) is 5.04. The van der Waals surface area contributed by atoms with E-state index in [0.29, 0.717) is 32.6 Å². The van der Waals surface area contributed by atoms with Gasteiger partial charge in [-0.1, -0.05) is 18.2 Å². The lowest BCUT2D eigenvalue weighted by Crippen LogP contribution is -2.57. The number of methoxy groups -OCH3 is 1. The van der Waals surface area contributed by atoms with Gasteiger partial charge in [0.2, 0.25) is 11.8 Å². The number of hydrogen-bond acceptors (Lipinski definition) is 6. The second-order valence-corrected chi connectivity index (χ2v) is 11.3. The van der Waals surface area contributed by atoms with Crippen molar-refractivity contribution in [2.24, 2.45) is 0 Å². The smallest absolute Gasteiger partial charge is 0.236 e. The third kappa shape index (κ3) is 5.15. The quantitative estimate of drug-likeness (QED) is 0.503. The Bertz CT molecular complexity index is 1160. The maximum atomic E-state index is 13.4. The first-order valence-corrected chi connectivity index (χ1v) is 13.8. The van der Waals surface area contributed by atoms with Crippen LogP contribution in [0.3, 0.4) is 0 Å². The van der Waals surface area contributed by atoms with Crippen LogP contribution in [-0.4, -0.2) is 72.4 Å². The zero-order valence-electron chi connectivity index (χ0n) is 20.2. The SMILES string of the molecule is COc1ccc([C@@H]2c3ccsc3CCN2CC(=O)N2CCN(C(=O)Cc3cccs3)[C@@H](C)C2)cc1. The van der Waals surface area contributed by atoms with Gasteiger partial charge in [0.1, 0.15) is 5.75 Å². The number of carbonyl (C=O) groups is 2. The molecule has 1 fully saturated rings. The van der Waals surface area contributed by atoms with E-state index in [4.69, 9.17) is 4.74 Å². The summed E-state index contributed by atoms with van der Waals surface area (Å²) >= 11 is 3.41. The van der Waals surface area contributed by atoms with E-state index in [2.05, 4.69) is 28.5 Å². The number of hydrogen-bond donors (Lipinski definition) is 0. The van der Waals surface area contributed by atoms with Crippen LogP contribution in [0.5, 0.6) is 5.75 Å². The van der Waals surface area contributed by atoms with E-state index in [-0.39, 0.29) is 23.9 Å². The largest absolute Gasteiger partial charge is 0.497 e. The first-order chi connectivity index (χ1) is 17.0. The topological polar surface area (TPSA) is 53.1 Å². The molecule has 35 heavy (non-hydrogen) atoms. The van der Waals surface area contributed by atoms with Crippen LogP contribution in [0, 0.1) is 0 Å². The molecule has 5 rings (SSSR count). The average molecular weight is 510 g/mol. The molecule has 1 saturated heterocycles. The van der Waals surface area contributed by atoms with Crippen molar-refractivity contribution in [2.45, 2.75) is 31.8 Å². The molecule has 4 heterocycles. The second-order valence-electron chi connectivity index (χ2n) is 9.23. The second kappa shape index (κ2) is 10.5. The molecule has 0 radical (unpaired) electrons. The standard InChI is InChI=1S/C27H31N3O3S2/c1-19-17-28(12-13-30(19)25(31)16-22-4-3-14-34-22)26(32)18-29-11-9-24-23(10-15-35-24)27(29)20-5-7-21(33-2)8-6-20/h3-8,10,14-15,19,27H,9,11-13,16-18H2,1-2H3/t19-,27+/m0/s1. The minimum absolute atomic E-state index is 0.0161. The van der Waals surface area contributed by atoms with Gasteiger partial charge in [-0.2, -0.15) is 0 Å². The first kappa shape index (κ1) is 24.0. The third-order valence-electron chi connectivity index (χ3n) is 7.04. The van der Waals surface area contributed by atoms with Crippen LogP contribution in [0.4, 0.5) is 0 Å². The van der Waals surface area contributed by atoms with Crippen LogP contribution in [0.15, 0.2) is 53.2 Å². The van der Waals surface area contributed by atoms with Gasteiger partial charge in [0.25, 0.3) is 0 Å². The summed E-state index contributed by atoms with van der Waals surface area (Å²) in [4.78, 5) is 34.9. The van der Waals surface area contributed by atoms with Gasteiger partial charge in [-0.05, 0) is 59.5 Å². The molecule has 1 aromatic carbocycles. The predicted molar refractivity (Wildman–Crippen MR) is 140 cm³/mol. The molecule has 0 spiro atoms. The molecular weight excluding hydrogens is 478 g/mol. The first-order valence-electron chi connectivity index (χ1n) is 12.1. The van der Waals surface area contributed by atoms with Crippen LogP contribution in [0.1, 0.15) is 33.8 Å². The van der Waals surface area contributed by atoms with Gasteiger partial charge in [-0.15, -0.1) is 22.7 Å². The normalized spacial score (nSPS) is 20.5. The summed E-state index contributed by atoms with van der Waals surface area (Å²) in [5.74, 6) is 1.12. The fourth-order valence-electron chi connectivity index (χ4n) is 5.21. The third-order valence-corrected chi connectivity index (χ3v) is 8.91. The summed E-state index contributed by atoms with van der Waals surface area (Å²) in [7, 11) is 1.67. The van der Waals surface area contributed by atoms with Gasteiger partial charge in [0.05, 0.1) is 26.1 Å². The fraction of sp³-hybridized carbons (Fsp3) is 0.407. The predicted octanol–water partition coefficient (Wildman–Crippen LogP) is 4.07. The van der Waals surface area contributed by atoms with Crippen LogP contribution < -0.4 is 4.74 Å². The minimum Gasteiger partial charge on any atom is -0.497 e. The molecule has 3 aromatic rings. The highest BCUT2D eigenvalue weighted by Gasteiger charge is 2.34. The Morgan fingerprint density at radius 1 is 1.00 bits per heavy atom. The van der Waals surface area contributed by atoms with Gasteiger partial charge in [-0.3, -0.25) is 14.5 Å². The van der Waals surface area contributed by atoms with Crippen molar-refractivity contribution < 1.29 is 14.3 Å². The van der Waals surface area contributed by atoms with Gasteiger partial charge in [0, 0.05) is 42.0 Å². The van der Waals surface area contributed by atoms with E-state index in [9.17, 15) is 9.59 Å². The van der Waals surface area contributed by atoms with E-state index in [0.717, 1.165) is 23.6 Å². The Morgan fingerprint density at radius 2 is 1.83 bits per heavy atom. The van der Waals surface area contributed by atoms with Gasteiger partial charge < -0.3 is 14.5 Å². The van der Waals surface area contributed by atoms with Crippen LogP contribution in [0.25, 0.3) is 0 Å². The number of ether oxygens (including phenoxy) is 1. The molecule has 2 aliphatic rings. The highest BCUT2D eigenvalue weighted by molar-refractivity contribution is 7.10. The van der Waals surface area contributed by atoms with E-state index in [1.807, 2.05) is 46.4 Å². The maximum Gasteiger partial charge on any atom is 0.236 e. The van der Waals surface area contributed by atoms with Crippen molar-refractivity contribution in [1.82, 2.24) is 14.7 Å². The van der Waals surface area contributed by atoms with Crippen LogP contribution in [-0.2, 0) is 22.4 Å². The Kier molecular flexibility index (Phi) is 7.22. The molecule has 0 unspecified atom stereocenters. The van der Waals surface area contributed by atoms with E-state index >= 15 is 0 Å². The number of rotatable bonds is 6. The fourth-order valence-corrected chi connectivity index (χ4v) is 6.81. The molecule has 184 valence electrons. The summed E-state index contributed by atoms with van der Waals surface area (Å²) < 4.78 is 5.35.